The van der Waals surface area contributed by atoms with Crippen molar-refractivity contribution in [3.05, 3.63) is 81.8 Å². The molecular weight excluding hydrogens is 488 g/mol. The van der Waals surface area contributed by atoms with Crippen LogP contribution in [-0.4, -0.2) is 22.4 Å². The molecule has 9 nitrogen and oxygen atoms in total. The van der Waals surface area contributed by atoms with Crippen LogP contribution in [0.2, 0.25) is 0 Å². The van der Waals surface area contributed by atoms with Crippen LogP contribution in [0.1, 0.15) is 18.2 Å². The Morgan fingerprint density at radius 1 is 1.34 bits per heavy atom. The molecule has 0 saturated carbocycles. The van der Waals surface area contributed by atoms with Crippen LogP contribution in [0.25, 0.3) is 16.3 Å². The van der Waals surface area contributed by atoms with Crippen molar-refractivity contribution in [1.29, 1.82) is 5.26 Å². The lowest BCUT2D eigenvalue weighted by molar-refractivity contribution is -0.387. The molecule has 4 rings (SSSR count). The van der Waals surface area contributed by atoms with E-state index in [0.29, 0.717) is 27.2 Å². The van der Waals surface area contributed by atoms with Gasteiger partial charge in [-0.1, -0.05) is 17.8 Å². The minimum Gasteiger partial charge on any atom is -0.494 e. The van der Waals surface area contributed by atoms with Crippen LogP contribution in [0, 0.1) is 21.4 Å². The first kappa shape index (κ1) is 24.0. The maximum absolute atomic E-state index is 12.4. The van der Waals surface area contributed by atoms with Crippen molar-refractivity contribution in [3.8, 4) is 11.8 Å². The lowest BCUT2D eigenvalue weighted by atomic mass is 10.1. The highest BCUT2D eigenvalue weighted by molar-refractivity contribution is 8.01. The second-order valence-electron chi connectivity index (χ2n) is 7.06. The summed E-state index contributed by atoms with van der Waals surface area (Å²) in [6.07, 6.45) is 2.79. The van der Waals surface area contributed by atoms with E-state index in [1.807, 2.05) is 31.2 Å². The van der Waals surface area contributed by atoms with Gasteiger partial charge in [0.05, 0.1) is 39.5 Å². The summed E-state index contributed by atoms with van der Waals surface area (Å²) in [7, 11) is 0. The molecule has 0 spiro atoms. The number of benzene rings is 2. The summed E-state index contributed by atoms with van der Waals surface area (Å²) in [5.41, 5.74) is 0.813. The summed E-state index contributed by atoms with van der Waals surface area (Å²) < 4.78 is 12.2. The van der Waals surface area contributed by atoms with E-state index in [-0.39, 0.29) is 17.8 Å². The normalized spacial score (nSPS) is 11.3. The predicted octanol–water partition coefficient (Wildman–Crippen LogP) is 5.57. The number of thiazole rings is 1. The monoisotopic (exact) mass is 506 g/mol. The number of fused-ring (bicyclic) bond motifs is 1. The zero-order chi connectivity index (χ0) is 24.8. The van der Waals surface area contributed by atoms with E-state index >= 15 is 0 Å². The van der Waals surface area contributed by atoms with Crippen molar-refractivity contribution in [3.63, 3.8) is 0 Å². The molecule has 1 N–H and O–H groups in total. The van der Waals surface area contributed by atoms with Gasteiger partial charge in [0.25, 0.3) is 11.6 Å². The first-order valence-electron chi connectivity index (χ1n) is 10.4. The number of carbonyl (C=O) groups is 1. The number of carbonyl (C=O) groups excluding carboxylic acids is 1. The van der Waals surface area contributed by atoms with Gasteiger partial charge in [0.1, 0.15) is 23.2 Å². The molecule has 176 valence electrons. The van der Waals surface area contributed by atoms with E-state index in [9.17, 15) is 20.2 Å². The second kappa shape index (κ2) is 10.9. The number of aromatic nitrogens is 1. The average Bonchev–Trinajstić information content (AvgIpc) is 3.51. The molecule has 0 aliphatic rings. The zero-order valence-corrected chi connectivity index (χ0v) is 20.0. The van der Waals surface area contributed by atoms with Crippen molar-refractivity contribution in [1.82, 2.24) is 10.3 Å². The van der Waals surface area contributed by atoms with Gasteiger partial charge in [-0.3, -0.25) is 14.9 Å². The van der Waals surface area contributed by atoms with E-state index in [4.69, 9.17) is 9.15 Å². The number of nitro groups is 1. The smallest absolute Gasteiger partial charge is 0.283 e. The molecule has 0 atom stereocenters. The molecule has 0 bridgehead atoms. The van der Waals surface area contributed by atoms with Crippen LogP contribution < -0.4 is 10.1 Å². The SMILES string of the molecule is CCOc1ccc2nc(Sc3ccc(/C=C(\C#N)C(=O)NCc4ccco4)cc3[N+](=O)[O-])sc2c1. The van der Waals surface area contributed by atoms with E-state index in [1.165, 1.54) is 41.5 Å². The van der Waals surface area contributed by atoms with Crippen molar-refractivity contribution < 1.29 is 18.9 Å². The Morgan fingerprint density at radius 3 is 2.91 bits per heavy atom. The molecule has 0 aliphatic carbocycles. The quantitative estimate of drug-likeness (QED) is 0.135. The van der Waals surface area contributed by atoms with Gasteiger partial charge in [-0.05, 0) is 55.0 Å². The Hall–Kier alpha value is -4.14. The number of ether oxygens (including phenoxy) is 1. The largest absolute Gasteiger partial charge is 0.494 e. The number of nitrogens with one attached hydrogen (secondary N) is 1. The Balaban J connectivity index is 1.55. The van der Waals surface area contributed by atoms with Crippen molar-refractivity contribution in [2.75, 3.05) is 6.61 Å². The highest BCUT2D eigenvalue weighted by atomic mass is 32.2. The Kier molecular flexibility index (Phi) is 7.45. The summed E-state index contributed by atoms with van der Waals surface area (Å²) in [5, 5.41) is 23.8. The van der Waals surface area contributed by atoms with Gasteiger partial charge < -0.3 is 14.5 Å². The Morgan fingerprint density at radius 2 is 2.20 bits per heavy atom. The van der Waals surface area contributed by atoms with Gasteiger partial charge in [0, 0.05) is 6.07 Å². The molecule has 11 heteroatoms. The first-order chi connectivity index (χ1) is 17.0. The number of rotatable bonds is 9. The fraction of sp³-hybridized carbons (Fsp3) is 0.125. The minimum atomic E-state index is -0.606. The van der Waals surface area contributed by atoms with Crippen LogP contribution in [0.15, 0.2) is 74.0 Å². The van der Waals surface area contributed by atoms with Gasteiger partial charge in [-0.25, -0.2) is 4.98 Å². The third kappa shape index (κ3) is 5.87. The van der Waals surface area contributed by atoms with Crippen LogP contribution >= 0.6 is 23.1 Å². The molecule has 1 amide bonds. The summed E-state index contributed by atoms with van der Waals surface area (Å²) >= 11 is 2.60. The van der Waals surface area contributed by atoms with Gasteiger partial charge in [-0.15, -0.1) is 11.3 Å². The molecule has 0 radical (unpaired) electrons. The Labute approximate surface area is 208 Å². The predicted molar refractivity (Wildman–Crippen MR) is 132 cm³/mol. The van der Waals surface area contributed by atoms with Gasteiger partial charge in [0.2, 0.25) is 0 Å². The third-order valence-electron chi connectivity index (χ3n) is 4.71. The molecule has 0 saturated heterocycles. The van der Waals surface area contributed by atoms with E-state index in [1.54, 1.807) is 24.3 Å². The number of nitrogens with zero attached hydrogens (tertiary/aromatic N) is 3. The summed E-state index contributed by atoms with van der Waals surface area (Å²) in [5.74, 6) is 0.673. The van der Waals surface area contributed by atoms with Crippen LogP contribution in [-0.2, 0) is 11.3 Å². The van der Waals surface area contributed by atoms with Crippen LogP contribution in [0.3, 0.4) is 0 Å². The molecule has 35 heavy (non-hydrogen) atoms. The molecule has 2 aromatic carbocycles. The number of nitriles is 1. The lowest BCUT2D eigenvalue weighted by Gasteiger charge is -2.04. The molecule has 2 aromatic heterocycles. The summed E-state index contributed by atoms with van der Waals surface area (Å²) in [4.78, 5) is 28.6. The molecular formula is C24H18N4O5S2. The fourth-order valence-corrected chi connectivity index (χ4v) is 5.26. The summed E-state index contributed by atoms with van der Waals surface area (Å²) in [6.45, 7) is 2.58. The zero-order valence-electron chi connectivity index (χ0n) is 18.4. The molecule has 2 heterocycles. The fourth-order valence-electron chi connectivity index (χ4n) is 3.12. The number of hydrogen-bond acceptors (Lipinski definition) is 9. The maximum Gasteiger partial charge on any atom is 0.283 e. The number of furan rings is 1. The van der Waals surface area contributed by atoms with Gasteiger partial charge >= 0.3 is 0 Å². The van der Waals surface area contributed by atoms with Crippen molar-refractivity contribution in [2.24, 2.45) is 0 Å². The van der Waals surface area contributed by atoms with Crippen molar-refractivity contribution in [2.45, 2.75) is 22.7 Å². The first-order valence-corrected chi connectivity index (χ1v) is 12.0. The molecule has 0 fully saturated rings. The Bertz CT molecular complexity index is 1450. The lowest BCUT2D eigenvalue weighted by Crippen LogP contribution is -2.23. The average molecular weight is 507 g/mol. The molecule has 0 unspecified atom stereocenters. The highest BCUT2D eigenvalue weighted by Gasteiger charge is 2.18. The van der Waals surface area contributed by atoms with E-state index < -0.39 is 10.8 Å². The second-order valence-corrected chi connectivity index (χ2v) is 9.38. The number of hydrogen-bond donors (Lipinski definition) is 1. The maximum atomic E-state index is 12.4. The van der Waals surface area contributed by atoms with Crippen LogP contribution in [0.4, 0.5) is 5.69 Å². The highest BCUT2D eigenvalue weighted by Crippen LogP contribution is 2.40. The minimum absolute atomic E-state index is 0.120. The van der Waals surface area contributed by atoms with Gasteiger partial charge in [0.15, 0.2) is 4.34 Å². The van der Waals surface area contributed by atoms with Crippen LogP contribution in [0.5, 0.6) is 5.75 Å². The molecule has 4 aromatic rings. The number of amides is 1. The molecule has 0 aliphatic heterocycles. The van der Waals surface area contributed by atoms with Crippen molar-refractivity contribution >= 4 is 51.0 Å². The topological polar surface area (TPSA) is 131 Å². The van der Waals surface area contributed by atoms with E-state index in [0.717, 1.165) is 16.0 Å². The van der Waals surface area contributed by atoms with E-state index in [2.05, 4.69) is 10.3 Å². The number of nitro benzene ring substituents is 1. The van der Waals surface area contributed by atoms with Gasteiger partial charge in [-0.2, -0.15) is 5.26 Å². The summed E-state index contributed by atoms with van der Waals surface area (Å²) in [6, 6.07) is 15.3. The third-order valence-corrected chi connectivity index (χ3v) is 6.85. The standard InChI is InChI=1S/C24H18N4O5S2/c1-2-32-17-6-7-19-22(12-17)35-24(27-19)34-21-8-5-15(11-20(21)28(30)31)10-16(13-25)23(29)26-14-18-4-3-9-33-18/h3-12H,2,14H2,1H3,(H,26,29)/b16-10+.